The topological polar surface area (TPSA) is 12.9 Å². The van der Waals surface area contributed by atoms with E-state index < -0.39 is 0 Å². The van der Waals surface area contributed by atoms with Gasteiger partial charge in [0.25, 0.3) is 0 Å². The minimum atomic E-state index is 1.06. The molecule has 1 heteroatoms. The van der Waals surface area contributed by atoms with Crippen LogP contribution in [-0.2, 0) is 19.3 Å². The van der Waals surface area contributed by atoms with Crippen LogP contribution < -0.4 is 0 Å². The van der Waals surface area contributed by atoms with Gasteiger partial charge < -0.3 is 0 Å². The van der Waals surface area contributed by atoms with Gasteiger partial charge in [-0.3, -0.25) is 0 Å². The first kappa shape index (κ1) is 30.5. The van der Waals surface area contributed by atoms with Crippen molar-refractivity contribution in [3.63, 3.8) is 0 Å². The summed E-state index contributed by atoms with van der Waals surface area (Å²) < 4.78 is 0. The second-order valence-corrected chi connectivity index (χ2v) is 13.6. The molecule has 0 atom stereocenters. The minimum Gasteiger partial charge on any atom is -0.246 e. The Morgan fingerprint density at radius 3 is 1.80 bits per heavy atom. The number of allylic oxidation sites excluding steroid dienone is 3. The zero-order chi connectivity index (χ0) is 33.6. The van der Waals surface area contributed by atoms with E-state index in [9.17, 15) is 0 Å². The van der Waals surface area contributed by atoms with Crippen LogP contribution >= 0.6 is 0 Å². The largest absolute Gasteiger partial charge is 0.246 e. The lowest BCUT2D eigenvalue weighted by atomic mass is 9.81. The molecule has 0 saturated heterocycles. The van der Waals surface area contributed by atoms with Gasteiger partial charge in [0, 0.05) is 21.9 Å². The van der Waals surface area contributed by atoms with E-state index in [1.54, 1.807) is 0 Å². The van der Waals surface area contributed by atoms with Gasteiger partial charge >= 0.3 is 0 Å². The van der Waals surface area contributed by atoms with Gasteiger partial charge in [0.15, 0.2) is 0 Å². The molecule has 0 spiro atoms. The molecule has 0 aliphatic heterocycles. The Balaban J connectivity index is 0.00000165. The Labute approximate surface area is 295 Å². The number of aromatic nitrogens is 1. The molecule has 3 aliphatic carbocycles. The van der Waals surface area contributed by atoms with Crippen molar-refractivity contribution in [2.45, 2.75) is 52.4 Å². The fourth-order valence-electron chi connectivity index (χ4n) is 8.39. The molecule has 7 aromatic rings. The van der Waals surface area contributed by atoms with E-state index in [0.29, 0.717) is 0 Å². The highest BCUT2D eigenvalue weighted by Crippen LogP contribution is 2.43. The number of hydrogen-bond donors (Lipinski definition) is 0. The van der Waals surface area contributed by atoms with Crippen LogP contribution in [0.4, 0.5) is 0 Å². The van der Waals surface area contributed by atoms with Crippen molar-refractivity contribution in [3.8, 4) is 33.5 Å². The zero-order valence-corrected chi connectivity index (χ0v) is 29.0. The summed E-state index contributed by atoms with van der Waals surface area (Å²) in [5, 5.41) is 6.35. The van der Waals surface area contributed by atoms with Crippen molar-refractivity contribution in [1.29, 1.82) is 0 Å². The maximum atomic E-state index is 5.51. The number of aryl methyl sites for hydroxylation is 1. The fraction of sp³-hybridized carbons (Fsp3) is 0.163. The number of nitrogens with zero attached hydrogens (tertiary/aromatic N) is 1. The van der Waals surface area contributed by atoms with Crippen molar-refractivity contribution in [3.05, 3.63) is 155 Å². The molecule has 0 saturated carbocycles. The van der Waals surface area contributed by atoms with Crippen LogP contribution in [0, 0.1) is 0 Å². The molecule has 0 N–H and O–H groups in total. The first-order valence-electron chi connectivity index (χ1n) is 18.5. The van der Waals surface area contributed by atoms with Crippen LogP contribution in [0.1, 0.15) is 66.5 Å². The highest BCUT2D eigenvalue weighted by atomic mass is 14.7. The molecule has 242 valence electrons. The Morgan fingerprint density at radius 1 is 0.480 bits per heavy atom. The zero-order valence-electron chi connectivity index (χ0n) is 29.0. The van der Waals surface area contributed by atoms with Gasteiger partial charge in [0.05, 0.1) is 11.2 Å². The summed E-state index contributed by atoms with van der Waals surface area (Å²) in [5.41, 5.74) is 16.9. The van der Waals surface area contributed by atoms with Crippen LogP contribution in [0.2, 0.25) is 0 Å². The molecule has 1 nitrogen and oxygen atoms in total. The standard InChI is InChI=1S/C47H35N.C2H6/c1-2-10-33-27-35(22-19-30(33)9-1)38-26-25-36-28-34(23-24-37(36)29-38)31-17-20-32(21-18-31)46-44-16-8-6-14-42(44)45-41-13-5-3-11-39(41)40-12-4-7-15-43(40)47(45)48-46;1-2/h2,5-8,10,13-29H,1,3-4,9,11-12H2;1-2H3. The maximum absolute atomic E-state index is 5.51. The van der Waals surface area contributed by atoms with Gasteiger partial charge in [-0.2, -0.15) is 0 Å². The van der Waals surface area contributed by atoms with E-state index in [1.807, 2.05) is 13.8 Å². The number of hydrogen-bond acceptors (Lipinski definition) is 1. The highest BCUT2D eigenvalue weighted by Gasteiger charge is 2.23. The van der Waals surface area contributed by atoms with Crippen molar-refractivity contribution in [1.82, 2.24) is 4.98 Å². The van der Waals surface area contributed by atoms with Gasteiger partial charge in [-0.1, -0.05) is 135 Å². The van der Waals surface area contributed by atoms with Crippen LogP contribution in [0.3, 0.4) is 0 Å². The summed E-state index contributed by atoms with van der Waals surface area (Å²) in [5.74, 6) is 0. The molecule has 3 aliphatic rings. The van der Waals surface area contributed by atoms with Crippen molar-refractivity contribution >= 4 is 50.7 Å². The van der Waals surface area contributed by atoms with E-state index >= 15 is 0 Å². The number of rotatable bonds is 3. The van der Waals surface area contributed by atoms with Gasteiger partial charge in [-0.15, -0.1) is 0 Å². The molecule has 0 unspecified atom stereocenters. The predicted molar refractivity (Wildman–Crippen MR) is 216 cm³/mol. The molecule has 0 radical (unpaired) electrons. The average Bonchev–Trinajstić information content (AvgIpc) is 3.20. The third kappa shape index (κ3) is 5.12. The Hall–Kier alpha value is -5.53. The lowest BCUT2D eigenvalue weighted by molar-refractivity contribution is 0.910. The van der Waals surface area contributed by atoms with E-state index in [4.69, 9.17) is 4.98 Å². The molecule has 0 amide bonds. The number of pyridine rings is 1. The van der Waals surface area contributed by atoms with E-state index in [-0.39, 0.29) is 0 Å². The van der Waals surface area contributed by atoms with E-state index in [1.165, 1.54) is 82.6 Å². The summed E-state index contributed by atoms with van der Waals surface area (Å²) in [6, 6.07) is 38.5. The molecule has 0 fully saturated rings. The van der Waals surface area contributed by atoms with Gasteiger partial charge in [-0.25, -0.2) is 4.98 Å². The predicted octanol–water partition coefficient (Wildman–Crippen LogP) is 13.4. The molecule has 1 aromatic heterocycles. The van der Waals surface area contributed by atoms with E-state index in [2.05, 4.69) is 140 Å². The smallest absolute Gasteiger partial charge is 0.0797 e. The van der Waals surface area contributed by atoms with Crippen molar-refractivity contribution in [2.24, 2.45) is 0 Å². The lowest BCUT2D eigenvalue weighted by Gasteiger charge is -2.24. The molecular formula is C49H41N. The molecular weight excluding hydrogens is 603 g/mol. The van der Waals surface area contributed by atoms with Crippen molar-refractivity contribution < 1.29 is 0 Å². The molecule has 6 aromatic carbocycles. The summed E-state index contributed by atoms with van der Waals surface area (Å²) in [6.07, 6.45) is 20.7. The van der Waals surface area contributed by atoms with E-state index in [0.717, 1.165) is 55.3 Å². The summed E-state index contributed by atoms with van der Waals surface area (Å²) in [7, 11) is 0. The molecule has 1 heterocycles. The van der Waals surface area contributed by atoms with Gasteiger partial charge in [-0.05, 0) is 123 Å². The quantitative estimate of drug-likeness (QED) is 0.175. The van der Waals surface area contributed by atoms with Crippen LogP contribution in [-0.4, -0.2) is 4.98 Å². The third-order valence-corrected chi connectivity index (χ3v) is 10.8. The number of benzene rings is 6. The third-order valence-electron chi connectivity index (χ3n) is 10.8. The minimum absolute atomic E-state index is 1.06. The average molecular weight is 644 g/mol. The first-order chi connectivity index (χ1) is 24.8. The van der Waals surface area contributed by atoms with Crippen LogP contribution in [0.25, 0.3) is 84.2 Å². The Kier molecular flexibility index (Phi) is 7.77. The normalized spacial score (nSPS) is 14.3. The van der Waals surface area contributed by atoms with Crippen LogP contribution in [0.5, 0.6) is 0 Å². The molecule has 50 heavy (non-hydrogen) atoms. The van der Waals surface area contributed by atoms with Crippen LogP contribution in [0.15, 0.2) is 121 Å². The monoisotopic (exact) mass is 643 g/mol. The first-order valence-corrected chi connectivity index (χ1v) is 18.5. The Bertz CT molecular complexity index is 2540. The fourth-order valence-corrected chi connectivity index (χ4v) is 8.39. The molecule has 10 rings (SSSR count). The summed E-state index contributed by atoms with van der Waals surface area (Å²) >= 11 is 0. The van der Waals surface area contributed by atoms with Crippen molar-refractivity contribution in [2.75, 3.05) is 0 Å². The van der Waals surface area contributed by atoms with Gasteiger partial charge in [0.1, 0.15) is 0 Å². The maximum Gasteiger partial charge on any atom is 0.0797 e. The second-order valence-electron chi connectivity index (χ2n) is 13.6. The highest BCUT2D eigenvalue weighted by molar-refractivity contribution is 6.16. The molecule has 0 bridgehead atoms. The Morgan fingerprint density at radius 2 is 1.04 bits per heavy atom. The lowest BCUT2D eigenvalue weighted by Crippen LogP contribution is -2.08. The van der Waals surface area contributed by atoms with Gasteiger partial charge in [0.2, 0.25) is 0 Å². The summed E-state index contributed by atoms with van der Waals surface area (Å²) in [6.45, 7) is 4.00. The number of fused-ring (bicyclic) bond motifs is 10. The summed E-state index contributed by atoms with van der Waals surface area (Å²) in [4.78, 5) is 5.51. The SMILES string of the molecule is C1=Cc2cc(-c3ccc4cc(-c5ccc(-c6nc7c8c(c9c(c7c7ccccc67)C=CCC9)CCC=C8)cc5)ccc4c3)ccc2CC1.CC. The second kappa shape index (κ2) is 12.7.